The zero-order valence-electron chi connectivity index (χ0n) is 25.8. The van der Waals surface area contributed by atoms with Gasteiger partial charge in [-0.05, 0) is 77.2 Å². The molecule has 46 heavy (non-hydrogen) atoms. The second-order valence-corrected chi connectivity index (χ2v) is 13.3. The van der Waals surface area contributed by atoms with E-state index in [1.807, 2.05) is 16.8 Å². The van der Waals surface area contributed by atoms with Crippen molar-refractivity contribution in [3.8, 4) is 11.4 Å². The highest BCUT2D eigenvalue weighted by Gasteiger charge is 2.44. The molecule has 4 heterocycles. The minimum Gasteiger partial charge on any atom is -0.493 e. The highest BCUT2D eigenvalue weighted by molar-refractivity contribution is 7.29. The normalized spacial score (nSPS) is 19.9. The number of ether oxygens (including phenoxy) is 2. The molecule has 4 atom stereocenters. The Hall–Kier alpha value is -4.04. The molecule has 2 saturated heterocycles. The quantitative estimate of drug-likeness (QED) is 0.224. The lowest BCUT2D eigenvalue weighted by atomic mass is 9.87. The van der Waals surface area contributed by atoms with E-state index in [1.165, 1.54) is 10.4 Å². The van der Waals surface area contributed by atoms with E-state index in [4.69, 9.17) is 9.47 Å². The summed E-state index contributed by atoms with van der Waals surface area (Å²) in [6.45, 7) is 5.48. The van der Waals surface area contributed by atoms with Gasteiger partial charge in [0.05, 0.1) is 25.4 Å². The lowest BCUT2D eigenvalue weighted by Gasteiger charge is -2.37. The van der Waals surface area contributed by atoms with Crippen molar-refractivity contribution in [1.82, 2.24) is 29.1 Å². The predicted molar refractivity (Wildman–Crippen MR) is 186 cm³/mol. The van der Waals surface area contributed by atoms with E-state index in [0.717, 1.165) is 65.9 Å². The number of aryl methyl sites for hydroxylation is 1. The van der Waals surface area contributed by atoms with Crippen LogP contribution in [-0.4, -0.2) is 68.5 Å². The molecule has 0 saturated carbocycles. The number of hydrogen-bond acceptors (Lipinski definition) is 8. The van der Waals surface area contributed by atoms with Gasteiger partial charge in [-0.15, -0.1) is 18.5 Å². The van der Waals surface area contributed by atoms with Crippen LogP contribution in [0.15, 0.2) is 90.5 Å². The Morgan fingerprint density at radius 1 is 0.891 bits per heavy atom. The van der Waals surface area contributed by atoms with Crippen LogP contribution >= 0.6 is 18.5 Å². The van der Waals surface area contributed by atoms with Crippen molar-refractivity contribution in [2.75, 3.05) is 49.2 Å². The first kappa shape index (κ1) is 30.6. The van der Waals surface area contributed by atoms with Crippen LogP contribution in [0.2, 0.25) is 0 Å². The third-order valence-electron chi connectivity index (χ3n) is 8.95. The Bertz CT molecular complexity index is 1830. The number of aromatic nitrogens is 6. The van der Waals surface area contributed by atoms with Crippen molar-refractivity contribution < 1.29 is 9.47 Å². The predicted octanol–water partition coefficient (Wildman–Crippen LogP) is 2.50. The second-order valence-electron chi connectivity index (χ2n) is 12.0. The fourth-order valence-electron chi connectivity index (χ4n) is 6.50. The molecule has 7 rings (SSSR count). The van der Waals surface area contributed by atoms with Crippen LogP contribution in [0.1, 0.15) is 12.0 Å². The monoisotopic (exact) mass is 656 g/mol. The van der Waals surface area contributed by atoms with Crippen molar-refractivity contribution in [1.29, 1.82) is 0 Å². The summed E-state index contributed by atoms with van der Waals surface area (Å²) in [6.07, 6.45) is 5.69. The highest BCUT2D eigenvalue weighted by atomic mass is 31.0. The average molecular weight is 657 g/mol. The molecule has 3 aromatic carbocycles. The molecular formula is C33H38N8O3P2. The van der Waals surface area contributed by atoms with E-state index in [2.05, 4.69) is 98.1 Å². The second kappa shape index (κ2) is 13.0. The first-order valence-electron chi connectivity index (χ1n) is 15.4. The number of hydrogen-bond donors (Lipinski definition) is 0. The molecule has 0 N–H and O–H groups in total. The summed E-state index contributed by atoms with van der Waals surface area (Å²) in [5, 5.41) is 10.7. The van der Waals surface area contributed by atoms with E-state index in [1.54, 1.807) is 30.6 Å². The van der Waals surface area contributed by atoms with E-state index in [-0.39, 0.29) is 11.6 Å². The Balaban J connectivity index is 0.934. The number of piperazine rings is 1. The van der Waals surface area contributed by atoms with Crippen molar-refractivity contribution in [2.45, 2.75) is 18.6 Å². The summed E-state index contributed by atoms with van der Waals surface area (Å²) >= 11 is 0. The summed E-state index contributed by atoms with van der Waals surface area (Å²) in [6, 6.07) is 22.9. The maximum Gasteiger partial charge on any atom is 0.350 e. The highest BCUT2D eigenvalue weighted by Crippen LogP contribution is 2.40. The van der Waals surface area contributed by atoms with Crippen molar-refractivity contribution in [3.63, 3.8) is 0 Å². The summed E-state index contributed by atoms with van der Waals surface area (Å²) in [5.74, 6) is 1.11. The summed E-state index contributed by atoms with van der Waals surface area (Å²) in [7, 11) is 7.28. The molecule has 0 bridgehead atoms. The lowest BCUT2D eigenvalue weighted by Crippen LogP contribution is -2.46. The largest absolute Gasteiger partial charge is 0.493 e. The third-order valence-corrected chi connectivity index (χ3v) is 9.78. The molecule has 0 radical (unpaired) electrons. The standard InChI is InChI=1S/C33H38N8O3P2/c1-37-32(42)41(23-36-37)27-4-2-25(3-5-27)38-12-14-39(15-13-38)26-6-8-28(9-7-26)43-18-24-17-33(44-19-24,20-40-22-34-21-35-40)30-11-10-29(45)16-31(30)46/h2-11,16,21-24H,12-15,17-20,45-46H2,1H3/t24-,33+/m1/s1. The maximum atomic E-state index is 12.2. The molecule has 2 unspecified atom stereocenters. The Kier molecular flexibility index (Phi) is 8.64. The van der Waals surface area contributed by atoms with Gasteiger partial charge in [0, 0.05) is 50.5 Å². The van der Waals surface area contributed by atoms with Gasteiger partial charge in [0.2, 0.25) is 0 Å². The zero-order valence-corrected chi connectivity index (χ0v) is 28.1. The number of nitrogens with zero attached hydrogens (tertiary/aromatic N) is 8. The lowest BCUT2D eigenvalue weighted by molar-refractivity contribution is -0.0171. The fraction of sp³-hybridized carbons (Fsp3) is 0.333. The van der Waals surface area contributed by atoms with Crippen molar-refractivity contribution >= 4 is 40.5 Å². The fourth-order valence-corrected chi connectivity index (χ4v) is 7.52. The number of benzene rings is 3. The molecule has 5 aromatic rings. The topological polar surface area (TPSA) is 95.5 Å². The first-order chi connectivity index (χ1) is 22.4. The summed E-state index contributed by atoms with van der Waals surface area (Å²) in [4.78, 5) is 21.1. The van der Waals surface area contributed by atoms with Gasteiger partial charge in [0.25, 0.3) is 0 Å². The van der Waals surface area contributed by atoms with Crippen LogP contribution in [0.5, 0.6) is 5.75 Å². The van der Waals surface area contributed by atoms with Gasteiger partial charge < -0.3 is 19.3 Å². The molecule has 0 spiro atoms. The van der Waals surface area contributed by atoms with E-state index >= 15 is 0 Å². The molecule has 2 fully saturated rings. The van der Waals surface area contributed by atoms with Crippen LogP contribution in [-0.2, 0) is 23.9 Å². The van der Waals surface area contributed by atoms with Crippen LogP contribution in [0.25, 0.3) is 5.69 Å². The molecule has 2 aliphatic heterocycles. The van der Waals surface area contributed by atoms with Gasteiger partial charge >= 0.3 is 5.69 Å². The molecule has 13 heteroatoms. The Morgan fingerprint density at radius 2 is 1.57 bits per heavy atom. The molecule has 2 aliphatic rings. The van der Waals surface area contributed by atoms with Gasteiger partial charge in [0.1, 0.15) is 30.3 Å². The number of rotatable bonds is 9. The van der Waals surface area contributed by atoms with Gasteiger partial charge in [-0.25, -0.2) is 23.7 Å². The van der Waals surface area contributed by atoms with Crippen LogP contribution < -0.4 is 30.8 Å². The van der Waals surface area contributed by atoms with Crippen molar-refractivity contribution in [3.05, 3.63) is 102 Å². The minimum absolute atomic E-state index is 0.154. The summed E-state index contributed by atoms with van der Waals surface area (Å²) in [5.41, 5.74) is 3.67. The van der Waals surface area contributed by atoms with Crippen LogP contribution in [0.3, 0.4) is 0 Å². The van der Waals surface area contributed by atoms with Crippen LogP contribution in [0, 0.1) is 5.92 Å². The van der Waals surface area contributed by atoms with E-state index in [0.29, 0.717) is 19.8 Å². The molecule has 0 amide bonds. The van der Waals surface area contributed by atoms with E-state index < -0.39 is 5.60 Å². The summed E-state index contributed by atoms with van der Waals surface area (Å²) < 4.78 is 17.6. The van der Waals surface area contributed by atoms with Crippen molar-refractivity contribution in [2.24, 2.45) is 13.0 Å². The Labute approximate surface area is 272 Å². The molecule has 11 nitrogen and oxygen atoms in total. The molecule has 238 valence electrons. The van der Waals surface area contributed by atoms with Crippen LogP contribution in [0.4, 0.5) is 11.4 Å². The third kappa shape index (κ3) is 6.32. The first-order valence-corrected chi connectivity index (χ1v) is 16.6. The minimum atomic E-state index is -0.496. The smallest absolute Gasteiger partial charge is 0.350 e. The molecular weight excluding hydrogens is 618 g/mol. The zero-order chi connectivity index (χ0) is 31.7. The van der Waals surface area contributed by atoms with Gasteiger partial charge in [-0.3, -0.25) is 0 Å². The molecule has 0 aliphatic carbocycles. The maximum absolute atomic E-state index is 12.2. The Morgan fingerprint density at radius 3 is 2.17 bits per heavy atom. The van der Waals surface area contributed by atoms with E-state index in [9.17, 15) is 4.79 Å². The molecule has 2 aromatic heterocycles. The van der Waals surface area contributed by atoms with Gasteiger partial charge in [-0.2, -0.15) is 10.2 Å². The van der Waals surface area contributed by atoms with Gasteiger partial charge in [0.15, 0.2) is 0 Å². The van der Waals surface area contributed by atoms with Gasteiger partial charge in [-0.1, -0.05) is 12.1 Å². The SMILES string of the molecule is Cn1ncn(-c2ccc(N3CCN(c4ccc(OC[C@@H]5CO[C@@](Cn6cncn6)(c6ccc(P)cc6P)C5)cc4)CC3)cc2)c1=O. The average Bonchev–Trinajstić information content (AvgIpc) is 3.82. The number of anilines is 2.